The number of aromatic nitrogens is 4. The van der Waals surface area contributed by atoms with Gasteiger partial charge in [-0.15, -0.1) is 5.10 Å². The lowest BCUT2D eigenvalue weighted by molar-refractivity contribution is -0.123. The molecule has 0 spiro atoms. The molecule has 0 unspecified atom stereocenters. The van der Waals surface area contributed by atoms with E-state index in [2.05, 4.69) is 41.2 Å². The van der Waals surface area contributed by atoms with Crippen molar-refractivity contribution < 1.29 is 4.79 Å². The van der Waals surface area contributed by atoms with E-state index in [9.17, 15) is 4.79 Å². The summed E-state index contributed by atoms with van der Waals surface area (Å²) in [6.45, 7) is 9.18. The van der Waals surface area contributed by atoms with E-state index in [1.807, 2.05) is 4.68 Å². The minimum Gasteiger partial charge on any atom is -0.369 e. The van der Waals surface area contributed by atoms with Gasteiger partial charge in [0.2, 0.25) is 5.91 Å². The number of amides is 1. The first-order chi connectivity index (χ1) is 10.5. The van der Waals surface area contributed by atoms with Crippen molar-refractivity contribution in [1.29, 1.82) is 0 Å². The van der Waals surface area contributed by atoms with Gasteiger partial charge in [-0.2, -0.15) is 0 Å². The molecule has 1 fully saturated rings. The van der Waals surface area contributed by atoms with Crippen LogP contribution in [-0.2, 0) is 11.3 Å². The van der Waals surface area contributed by atoms with E-state index in [4.69, 9.17) is 5.73 Å². The molecule has 2 heterocycles. The number of primary amides is 1. The Balaban J connectivity index is 2.03. The normalized spacial score (nSPS) is 18.7. The van der Waals surface area contributed by atoms with Crippen LogP contribution in [0.5, 0.6) is 0 Å². The minimum atomic E-state index is -0.172. The number of aryl methyl sites for hydroxylation is 1. The number of nitrogens with two attached hydrogens (primary N) is 1. The Kier molecular flexibility index (Phi) is 5.88. The third-order valence-electron chi connectivity index (χ3n) is 4.54. The van der Waals surface area contributed by atoms with Crippen LogP contribution in [0.1, 0.15) is 58.3 Å². The number of carbonyl (C=O) groups excluding carboxylic acids is 1. The van der Waals surface area contributed by atoms with E-state index in [0.29, 0.717) is 5.92 Å². The molecule has 1 aliphatic heterocycles. The van der Waals surface area contributed by atoms with Gasteiger partial charge in [-0.3, -0.25) is 9.69 Å². The number of nitrogens with zero attached hydrogens (tertiary/aromatic N) is 5. The van der Waals surface area contributed by atoms with Crippen LogP contribution in [0, 0.1) is 11.8 Å². The zero-order chi connectivity index (χ0) is 16.1. The Morgan fingerprint density at radius 1 is 1.36 bits per heavy atom. The summed E-state index contributed by atoms with van der Waals surface area (Å²) >= 11 is 0. The summed E-state index contributed by atoms with van der Waals surface area (Å²) < 4.78 is 1.94. The van der Waals surface area contributed by atoms with Crippen molar-refractivity contribution in [2.24, 2.45) is 17.6 Å². The maximum Gasteiger partial charge on any atom is 0.220 e. The van der Waals surface area contributed by atoms with Gasteiger partial charge in [0.25, 0.3) is 0 Å². The highest BCUT2D eigenvalue weighted by atomic mass is 16.1. The fourth-order valence-corrected chi connectivity index (χ4v) is 3.09. The second kappa shape index (κ2) is 7.67. The Labute approximate surface area is 132 Å². The van der Waals surface area contributed by atoms with E-state index in [1.54, 1.807) is 0 Å². The first-order valence-corrected chi connectivity index (χ1v) is 8.32. The van der Waals surface area contributed by atoms with Crippen molar-refractivity contribution in [2.45, 2.75) is 59.0 Å². The average Bonchev–Trinajstić information content (AvgIpc) is 2.95. The van der Waals surface area contributed by atoms with Crippen LogP contribution < -0.4 is 5.73 Å². The molecule has 7 nitrogen and oxygen atoms in total. The lowest BCUT2D eigenvalue weighted by Crippen LogP contribution is -2.41. The van der Waals surface area contributed by atoms with Crippen molar-refractivity contribution in [3.8, 4) is 0 Å². The first-order valence-electron chi connectivity index (χ1n) is 8.32. The summed E-state index contributed by atoms with van der Waals surface area (Å²) in [6, 6.07) is 0.219. The summed E-state index contributed by atoms with van der Waals surface area (Å²) in [4.78, 5) is 13.7. The molecule has 1 aliphatic rings. The van der Waals surface area contributed by atoms with Crippen molar-refractivity contribution >= 4 is 5.91 Å². The van der Waals surface area contributed by atoms with Crippen LogP contribution in [0.25, 0.3) is 0 Å². The van der Waals surface area contributed by atoms with Gasteiger partial charge in [-0.25, -0.2) is 4.68 Å². The molecule has 0 bridgehead atoms. The summed E-state index contributed by atoms with van der Waals surface area (Å²) in [6.07, 6.45) is 3.69. The molecule has 1 atom stereocenters. The van der Waals surface area contributed by atoms with Crippen LogP contribution >= 0.6 is 0 Å². The van der Waals surface area contributed by atoms with Gasteiger partial charge in [0.05, 0.1) is 6.04 Å². The largest absolute Gasteiger partial charge is 0.369 e. The van der Waals surface area contributed by atoms with E-state index < -0.39 is 0 Å². The van der Waals surface area contributed by atoms with E-state index in [-0.39, 0.29) is 17.9 Å². The summed E-state index contributed by atoms with van der Waals surface area (Å²) in [7, 11) is 0. The standard InChI is InChI=1S/C15H28N6O/c1-4-13(20-8-6-12(7-9-20)14(16)22)15-17-18-19-21(15)10-5-11(2)3/h11-13H,4-10H2,1-3H3,(H2,16,22)/t13-/m1/s1. The number of likely N-dealkylation sites (tertiary alicyclic amines) is 1. The van der Waals surface area contributed by atoms with Crippen molar-refractivity contribution in [3.05, 3.63) is 5.82 Å². The van der Waals surface area contributed by atoms with Crippen LogP contribution in [0.4, 0.5) is 0 Å². The second-order valence-corrected chi connectivity index (χ2v) is 6.58. The van der Waals surface area contributed by atoms with Crippen LogP contribution in [-0.4, -0.2) is 44.1 Å². The van der Waals surface area contributed by atoms with Crippen molar-refractivity contribution in [1.82, 2.24) is 25.1 Å². The molecule has 2 rings (SSSR count). The van der Waals surface area contributed by atoms with Gasteiger partial charge >= 0.3 is 0 Å². The Morgan fingerprint density at radius 2 is 2.05 bits per heavy atom. The molecule has 1 amide bonds. The van der Waals surface area contributed by atoms with Gasteiger partial charge in [0.15, 0.2) is 5.82 Å². The van der Waals surface area contributed by atoms with E-state index in [0.717, 1.165) is 51.1 Å². The van der Waals surface area contributed by atoms with Gasteiger partial charge in [-0.1, -0.05) is 20.8 Å². The molecule has 0 aromatic carbocycles. The van der Waals surface area contributed by atoms with Gasteiger partial charge < -0.3 is 5.73 Å². The maximum absolute atomic E-state index is 11.3. The molecule has 7 heteroatoms. The fourth-order valence-electron chi connectivity index (χ4n) is 3.09. The van der Waals surface area contributed by atoms with Crippen LogP contribution in [0.15, 0.2) is 0 Å². The molecular weight excluding hydrogens is 280 g/mol. The molecule has 1 aromatic rings. The number of hydrogen-bond donors (Lipinski definition) is 1. The maximum atomic E-state index is 11.3. The molecule has 0 aliphatic carbocycles. The lowest BCUT2D eigenvalue weighted by Gasteiger charge is -2.35. The Morgan fingerprint density at radius 3 is 2.59 bits per heavy atom. The van der Waals surface area contributed by atoms with Crippen LogP contribution in [0.3, 0.4) is 0 Å². The van der Waals surface area contributed by atoms with Crippen molar-refractivity contribution in [3.63, 3.8) is 0 Å². The average molecular weight is 308 g/mol. The Bertz CT molecular complexity index is 478. The first kappa shape index (κ1) is 16.9. The lowest BCUT2D eigenvalue weighted by atomic mass is 9.94. The summed E-state index contributed by atoms with van der Waals surface area (Å²) in [5.41, 5.74) is 5.41. The minimum absolute atomic E-state index is 0.0192. The zero-order valence-electron chi connectivity index (χ0n) is 13.9. The molecule has 0 radical (unpaired) electrons. The predicted octanol–water partition coefficient (Wildman–Crippen LogP) is 1.37. The fraction of sp³-hybridized carbons (Fsp3) is 0.867. The van der Waals surface area contributed by atoms with Gasteiger partial charge in [0.1, 0.15) is 0 Å². The topological polar surface area (TPSA) is 89.9 Å². The highest BCUT2D eigenvalue weighted by Crippen LogP contribution is 2.28. The number of hydrogen-bond acceptors (Lipinski definition) is 5. The highest BCUT2D eigenvalue weighted by molar-refractivity contribution is 5.76. The third-order valence-corrected chi connectivity index (χ3v) is 4.54. The molecule has 0 saturated carbocycles. The molecule has 1 aromatic heterocycles. The SMILES string of the molecule is CC[C@H](c1nnnn1CCC(C)C)N1CCC(C(N)=O)CC1. The number of carbonyl (C=O) groups is 1. The number of piperidine rings is 1. The monoisotopic (exact) mass is 308 g/mol. The van der Waals surface area contributed by atoms with Crippen LogP contribution in [0.2, 0.25) is 0 Å². The second-order valence-electron chi connectivity index (χ2n) is 6.58. The molecule has 124 valence electrons. The molecule has 1 saturated heterocycles. The van der Waals surface area contributed by atoms with Crippen molar-refractivity contribution in [2.75, 3.05) is 13.1 Å². The number of tetrazole rings is 1. The smallest absolute Gasteiger partial charge is 0.220 e. The summed E-state index contributed by atoms with van der Waals surface area (Å²) in [5, 5.41) is 12.3. The predicted molar refractivity (Wildman–Crippen MR) is 83.8 cm³/mol. The molecular formula is C15H28N6O. The third kappa shape index (κ3) is 4.03. The summed E-state index contributed by atoms with van der Waals surface area (Å²) in [5.74, 6) is 1.42. The highest BCUT2D eigenvalue weighted by Gasteiger charge is 2.30. The zero-order valence-corrected chi connectivity index (χ0v) is 13.9. The van der Waals surface area contributed by atoms with Gasteiger partial charge in [-0.05, 0) is 55.1 Å². The van der Waals surface area contributed by atoms with Gasteiger partial charge in [0, 0.05) is 12.5 Å². The molecule has 22 heavy (non-hydrogen) atoms. The van der Waals surface area contributed by atoms with E-state index >= 15 is 0 Å². The molecule has 2 N–H and O–H groups in total. The van der Waals surface area contributed by atoms with E-state index in [1.165, 1.54) is 0 Å². The Hall–Kier alpha value is -1.50. The number of rotatable bonds is 7. The quantitative estimate of drug-likeness (QED) is 0.821.